The molecular formula is C19H23BrFN3OS. The van der Waals surface area contributed by atoms with Crippen molar-refractivity contribution in [2.75, 3.05) is 26.2 Å². The summed E-state index contributed by atoms with van der Waals surface area (Å²) in [4.78, 5) is 21.4. The van der Waals surface area contributed by atoms with E-state index in [-0.39, 0.29) is 11.3 Å². The maximum atomic E-state index is 13.5. The summed E-state index contributed by atoms with van der Waals surface area (Å²) in [5.74, 6) is -0.520. The molecule has 7 heteroatoms. The van der Waals surface area contributed by atoms with E-state index >= 15 is 0 Å². The van der Waals surface area contributed by atoms with Gasteiger partial charge in [-0.25, -0.2) is 9.37 Å². The zero-order valence-electron chi connectivity index (χ0n) is 15.3. The van der Waals surface area contributed by atoms with Crippen molar-refractivity contribution in [2.24, 2.45) is 0 Å². The number of benzene rings is 1. The molecular weight excluding hydrogens is 417 g/mol. The molecule has 1 aliphatic rings. The van der Waals surface area contributed by atoms with Crippen molar-refractivity contribution in [2.45, 2.75) is 32.7 Å². The highest BCUT2D eigenvalue weighted by atomic mass is 79.9. The fraction of sp³-hybridized carbons (Fsp3) is 0.474. The van der Waals surface area contributed by atoms with Crippen molar-refractivity contribution < 1.29 is 9.18 Å². The van der Waals surface area contributed by atoms with Gasteiger partial charge in [-0.05, 0) is 18.2 Å². The van der Waals surface area contributed by atoms with Crippen molar-refractivity contribution in [3.05, 3.63) is 50.1 Å². The minimum Gasteiger partial charge on any atom is -0.336 e. The van der Waals surface area contributed by atoms with Gasteiger partial charge in [0, 0.05) is 53.6 Å². The molecule has 1 aromatic heterocycles. The summed E-state index contributed by atoms with van der Waals surface area (Å²) >= 11 is 4.95. The van der Waals surface area contributed by atoms with E-state index in [1.807, 2.05) is 0 Å². The molecule has 0 aliphatic carbocycles. The Balaban J connectivity index is 1.57. The Labute approximate surface area is 166 Å². The Kier molecular flexibility index (Phi) is 5.79. The van der Waals surface area contributed by atoms with Gasteiger partial charge in [0.25, 0.3) is 5.91 Å². The number of hydrogen-bond donors (Lipinski definition) is 0. The summed E-state index contributed by atoms with van der Waals surface area (Å²) in [5, 5.41) is 3.28. The molecule has 1 amide bonds. The molecule has 0 spiro atoms. The van der Waals surface area contributed by atoms with Crippen molar-refractivity contribution in [3.63, 3.8) is 0 Å². The Morgan fingerprint density at radius 1 is 1.23 bits per heavy atom. The third-order valence-electron chi connectivity index (χ3n) is 4.35. The maximum absolute atomic E-state index is 13.5. The van der Waals surface area contributed by atoms with Gasteiger partial charge in [0.15, 0.2) is 0 Å². The summed E-state index contributed by atoms with van der Waals surface area (Å²) in [6.07, 6.45) is 0. The van der Waals surface area contributed by atoms with Crippen LogP contribution in [0.3, 0.4) is 0 Å². The molecule has 4 nitrogen and oxygen atoms in total. The Bertz CT molecular complexity index is 774. The third kappa shape index (κ3) is 4.69. The van der Waals surface area contributed by atoms with E-state index in [9.17, 15) is 9.18 Å². The van der Waals surface area contributed by atoms with Crippen LogP contribution in [0.15, 0.2) is 28.1 Å². The lowest BCUT2D eigenvalue weighted by Gasteiger charge is -2.34. The first kappa shape index (κ1) is 19.5. The SMILES string of the molecule is CC(C)(C)c1nc(CN2CCN(C(=O)c3cc(F)cc(Br)c3)CC2)cs1. The molecule has 1 saturated heterocycles. The number of nitrogens with zero attached hydrogens (tertiary/aromatic N) is 3. The molecule has 1 aromatic carbocycles. The first-order valence-electron chi connectivity index (χ1n) is 8.65. The first-order valence-corrected chi connectivity index (χ1v) is 10.3. The number of aromatic nitrogens is 1. The number of thiazole rings is 1. The second kappa shape index (κ2) is 7.74. The molecule has 0 N–H and O–H groups in total. The highest BCUT2D eigenvalue weighted by molar-refractivity contribution is 9.10. The molecule has 3 rings (SSSR count). The smallest absolute Gasteiger partial charge is 0.254 e. The first-order chi connectivity index (χ1) is 12.2. The average Bonchev–Trinajstić information content (AvgIpc) is 3.03. The van der Waals surface area contributed by atoms with Crippen molar-refractivity contribution >= 4 is 33.2 Å². The molecule has 140 valence electrons. The lowest BCUT2D eigenvalue weighted by Crippen LogP contribution is -2.48. The van der Waals surface area contributed by atoms with Crippen LogP contribution >= 0.6 is 27.3 Å². The predicted octanol–water partition coefficient (Wildman–Crippen LogP) is 4.30. The van der Waals surface area contributed by atoms with Crippen molar-refractivity contribution in [1.82, 2.24) is 14.8 Å². The van der Waals surface area contributed by atoms with E-state index in [2.05, 4.69) is 47.0 Å². The van der Waals surface area contributed by atoms with E-state index < -0.39 is 5.82 Å². The van der Waals surface area contributed by atoms with E-state index in [1.54, 1.807) is 22.3 Å². The molecule has 1 aliphatic heterocycles. The fourth-order valence-electron chi connectivity index (χ4n) is 2.92. The molecule has 26 heavy (non-hydrogen) atoms. The zero-order valence-corrected chi connectivity index (χ0v) is 17.7. The quantitative estimate of drug-likeness (QED) is 0.714. The van der Waals surface area contributed by atoms with Crippen LogP contribution in [-0.4, -0.2) is 46.9 Å². The molecule has 0 radical (unpaired) electrons. The molecule has 0 bridgehead atoms. The number of halogens is 2. The maximum Gasteiger partial charge on any atom is 0.254 e. The van der Waals surface area contributed by atoms with Gasteiger partial charge in [-0.2, -0.15) is 0 Å². The molecule has 1 fully saturated rings. The molecule has 0 saturated carbocycles. The summed E-state index contributed by atoms with van der Waals surface area (Å²) in [5.41, 5.74) is 1.56. The van der Waals surface area contributed by atoms with E-state index in [0.717, 1.165) is 30.3 Å². The number of carbonyl (C=O) groups is 1. The molecule has 0 unspecified atom stereocenters. The number of piperazine rings is 1. The standard InChI is InChI=1S/C19H23BrFN3OS/c1-19(2,3)18-22-16(12-26-18)11-23-4-6-24(7-5-23)17(25)13-8-14(20)10-15(21)9-13/h8-10,12H,4-7,11H2,1-3H3. The topological polar surface area (TPSA) is 36.4 Å². The van der Waals surface area contributed by atoms with Crippen LogP contribution in [0.2, 0.25) is 0 Å². The van der Waals surface area contributed by atoms with Gasteiger partial charge in [-0.15, -0.1) is 11.3 Å². The van der Waals surface area contributed by atoms with Gasteiger partial charge in [0.1, 0.15) is 5.82 Å². The lowest BCUT2D eigenvalue weighted by molar-refractivity contribution is 0.0626. The summed E-state index contributed by atoms with van der Waals surface area (Å²) in [7, 11) is 0. The number of carbonyl (C=O) groups excluding carboxylic acids is 1. The van der Waals surface area contributed by atoms with Crippen LogP contribution in [0.25, 0.3) is 0 Å². The third-order valence-corrected chi connectivity index (χ3v) is 6.12. The summed E-state index contributed by atoms with van der Waals surface area (Å²) in [6.45, 7) is 10.2. The van der Waals surface area contributed by atoms with Crippen molar-refractivity contribution in [1.29, 1.82) is 0 Å². The van der Waals surface area contributed by atoms with Crippen LogP contribution in [0.5, 0.6) is 0 Å². The van der Waals surface area contributed by atoms with Gasteiger partial charge in [0.05, 0.1) is 10.7 Å². The number of rotatable bonds is 3. The van der Waals surface area contributed by atoms with Crippen LogP contribution in [0, 0.1) is 5.82 Å². The van der Waals surface area contributed by atoms with E-state index in [1.165, 1.54) is 12.1 Å². The van der Waals surface area contributed by atoms with Gasteiger partial charge < -0.3 is 4.90 Å². The van der Waals surface area contributed by atoms with Crippen LogP contribution in [0.1, 0.15) is 41.8 Å². The van der Waals surface area contributed by atoms with Gasteiger partial charge in [0.2, 0.25) is 0 Å². The predicted molar refractivity (Wildman–Crippen MR) is 106 cm³/mol. The molecule has 2 aromatic rings. The second-order valence-corrected chi connectivity index (χ2v) is 9.39. The van der Waals surface area contributed by atoms with Gasteiger partial charge >= 0.3 is 0 Å². The van der Waals surface area contributed by atoms with Crippen LogP contribution in [-0.2, 0) is 12.0 Å². The number of amides is 1. The van der Waals surface area contributed by atoms with E-state index in [0.29, 0.717) is 23.1 Å². The Morgan fingerprint density at radius 2 is 1.92 bits per heavy atom. The summed E-state index contributed by atoms with van der Waals surface area (Å²) in [6, 6.07) is 4.32. The highest BCUT2D eigenvalue weighted by Gasteiger charge is 2.24. The second-order valence-electron chi connectivity index (χ2n) is 7.62. The highest BCUT2D eigenvalue weighted by Crippen LogP contribution is 2.26. The average molecular weight is 440 g/mol. The van der Waals surface area contributed by atoms with Gasteiger partial charge in [-0.1, -0.05) is 36.7 Å². The zero-order chi connectivity index (χ0) is 18.9. The van der Waals surface area contributed by atoms with Gasteiger partial charge in [-0.3, -0.25) is 9.69 Å². The summed E-state index contributed by atoms with van der Waals surface area (Å²) < 4.78 is 14.1. The van der Waals surface area contributed by atoms with Crippen LogP contribution < -0.4 is 0 Å². The monoisotopic (exact) mass is 439 g/mol. The minimum atomic E-state index is -0.403. The fourth-order valence-corrected chi connectivity index (χ4v) is 4.29. The van der Waals surface area contributed by atoms with Crippen LogP contribution in [0.4, 0.5) is 4.39 Å². The Morgan fingerprint density at radius 3 is 2.50 bits per heavy atom. The Hall–Kier alpha value is -1.31. The molecule has 2 heterocycles. The lowest BCUT2D eigenvalue weighted by atomic mass is 9.98. The van der Waals surface area contributed by atoms with E-state index in [4.69, 9.17) is 4.98 Å². The largest absolute Gasteiger partial charge is 0.336 e. The normalized spacial score (nSPS) is 16.1. The minimum absolute atomic E-state index is 0.0767. The van der Waals surface area contributed by atoms with Crippen molar-refractivity contribution in [3.8, 4) is 0 Å². The number of hydrogen-bond acceptors (Lipinski definition) is 4. The molecule has 0 atom stereocenters.